The lowest BCUT2D eigenvalue weighted by atomic mass is 10.0. The Morgan fingerprint density at radius 1 is 1.42 bits per heavy atom. The Morgan fingerprint density at radius 2 is 2.05 bits per heavy atom. The van der Waals surface area contributed by atoms with E-state index in [1.165, 1.54) is 0 Å². The van der Waals surface area contributed by atoms with E-state index >= 15 is 0 Å². The maximum atomic E-state index is 10.9. The Hall–Kier alpha value is -1.14. The van der Waals surface area contributed by atoms with Crippen LogP contribution in [0.3, 0.4) is 0 Å². The summed E-state index contributed by atoms with van der Waals surface area (Å²) in [6, 6.07) is 3.86. The molecular formula is C13H18BrN3O2. The normalized spacial score (nSPS) is 17.4. The van der Waals surface area contributed by atoms with Gasteiger partial charge in [0.25, 0.3) is 5.69 Å². The number of nitro benzene ring substituents is 1. The van der Waals surface area contributed by atoms with Crippen molar-refractivity contribution < 1.29 is 4.92 Å². The Kier molecular flexibility index (Phi) is 4.42. The van der Waals surface area contributed by atoms with Crippen LogP contribution in [-0.2, 0) is 0 Å². The number of piperidine rings is 1. The lowest BCUT2D eigenvalue weighted by molar-refractivity contribution is -0.385. The minimum atomic E-state index is -0.348. The fourth-order valence-corrected chi connectivity index (χ4v) is 2.80. The summed E-state index contributed by atoms with van der Waals surface area (Å²) >= 11 is 3.41. The molecule has 6 heteroatoms. The van der Waals surface area contributed by atoms with E-state index in [1.807, 2.05) is 6.07 Å². The summed E-state index contributed by atoms with van der Waals surface area (Å²) in [5, 5.41) is 14.4. The Bertz CT molecular complexity index is 485. The van der Waals surface area contributed by atoms with Gasteiger partial charge < -0.3 is 10.2 Å². The van der Waals surface area contributed by atoms with Crippen molar-refractivity contribution in [2.75, 3.05) is 25.5 Å². The molecule has 0 aromatic heterocycles. The molecule has 1 aromatic rings. The molecule has 5 nitrogen and oxygen atoms in total. The van der Waals surface area contributed by atoms with Crippen LogP contribution in [0.5, 0.6) is 0 Å². The summed E-state index contributed by atoms with van der Waals surface area (Å²) < 4.78 is 0.753. The number of hydrogen-bond donors (Lipinski definition) is 1. The minimum Gasteiger partial charge on any atom is -0.381 e. The number of nitrogens with one attached hydrogen (secondary N) is 1. The van der Waals surface area contributed by atoms with Crippen molar-refractivity contribution in [2.45, 2.75) is 25.8 Å². The fourth-order valence-electron chi connectivity index (χ4n) is 2.35. The second-order valence-electron chi connectivity index (χ2n) is 5.10. The van der Waals surface area contributed by atoms with Crippen molar-refractivity contribution in [3.63, 3.8) is 0 Å². The third-order valence-corrected chi connectivity index (χ3v) is 4.22. The number of nitro groups is 1. The van der Waals surface area contributed by atoms with Crippen molar-refractivity contribution >= 4 is 27.3 Å². The molecule has 0 unspecified atom stereocenters. The molecule has 1 saturated heterocycles. The van der Waals surface area contributed by atoms with Crippen LogP contribution in [-0.4, -0.2) is 36.0 Å². The first-order chi connectivity index (χ1) is 8.97. The number of halogens is 1. The van der Waals surface area contributed by atoms with Gasteiger partial charge >= 0.3 is 0 Å². The van der Waals surface area contributed by atoms with Crippen LogP contribution in [0.4, 0.5) is 11.4 Å². The molecule has 104 valence electrons. The van der Waals surface area contributed by atoms with Crippen LogP contribution in [0.15, 0.2) is 16.6 Å². The first kappa shape index (κ1) is 14.3. The molecule has 0 amide bonds. The zero-order valence-electron chi connectivity index (χ0n) is 11.1. The van der Waals surface area contributed by atoms with Gasteiger partial charge in [0.1, 0.15) is 0 Å². The molecule has 0 atom stereocenters. The average Bonchev–Trinajstić information content (AvgIpc) is 2.35. The number of hydrogen-bond acceptors (Lipinski definition) is 4. The summed E-state index contributed by atoms with van der Waals surface area (Å²) in [7, 11) is 2.13. The van der Waals surface area contributed by atoms with E-state index in [-0.39, 0.29) is 10.6 Å². The van der Waals surface area contributed by atoms with E-state index in [2.05, 4.69) is 33.2 Å². The van der Waals surface area contributed by atoms with Gasteiger partial charge in [-0.15, -0.1) is 0 Å². The Balaban J connectivity index is 2.13. The fraction of sp³-hybridized carbons (Fsp3) is 0.538. The summed E-state index contributed by atoms with van der Waals surface area (Å²) in [4.78, 5) is 12.8. The zero-order chi connectivity index (χ0) is 14.0. The second-order valence-corrected chi connectivity index (χ2v) is 5.95. The summed E-state index contributed by atoms with van der Waals surface area (Å²) in [6.45, 7) is 3.94. The monoisotopic (exact) mass is 327 g/mol. The van der Waals surface area contributed by atoms with Gasteiger partial charge in [-0.2, -0.15) is 0 Å². The number of anilines is 1. The summed E-state index contributed by atoms with van der Waals surface area (Å²) in [6.07, 6.45) is 2.19. The molecule has 1 fully saturated rings. The first-order valence-electron chi connectivity index (χ1n) is 6.37. The van der Waals surface area contributed by atoms with Crippen molar-refractivity contribution in [1.82, 2.24) is 4.90 Å². The quantitative estimate of drug-likeness (QED) is 0.684. The lowest BCUT2D eigenvalue weighted by Crippen LogP contribution is -2.36. The average molecular weight is 328 g/mol. The van der Waals surface area contributed by atoms with E-state index in [9.17, 15) is 10.1 Å². The van der Waals surface area contributed by atoms with Crippen LogP contribution in [0.25, 0.3) is 0 Å². The Labute approximate surface area is 121 Å². The standard InChI is InChI=1S/C13H18BrN3O2/c1-9-7-12(11(14)8-13(9)17(18)19)15-10-3-5-16(2)6-4-10/h7-8,10,15H,3-6H2,1-2H3. The van der Waals surface area contributed by atoms with Crippen molar-refractivity contribution in [3.05, 3.63) is 32.3 Å². The first-order valence-corrected chi connectivity index (χ1v) is 7.16. The van der Waals surface area contributed by atoms with Crippen molar-refractivity contribution in [3.8, 4) is 0 Å². The van der Waals surface area contributed by atoms with Crippen LogP contribution >= 0.6 is 15.9 Å². The van der Waals surface area contributed by atoms with Crippen LogP contribution < -0.4 is 5.32 Å². The highest BCUT2D eigenvalue weighted by atomic mass is 79.9. The molecule has 0 aliphatic carbocycles. The van der Waals surface area contributed by atoms with Crippen LogP contribution in [0, 0.1) is 17.0 Å². The number of nitrogens with zero attached hydrogens (tertiary/aromatic N) is 2. The smallest absolute Gasteiger partial charge is 0.273 e. The molecule has 1 N–H and O–H groups in total. The molecule has 2 rings (SSSR count). The van der Waals surface area contributed by atoms with Gasteiger partial charge in [-0.25, -0.2) is 0 Å². The van der Waals surface area contributed by atoms with E-state index in [0.29, 0.717) is 11.6 Å². The van der Waals surface area contributed by atoms with Gasteiger partial charge in [0, 0.05) is 27.8 Å². The van der Waals surface area contributed by atoms with Gasteiger partial charge in [-0.05, 0) is 61.9 Å². The SMILES string of the molecule is Cc1cc(NC2CCN(C)CC2)c(Br)cc1[N+](=O)[O-]. The van der Waals surface area contributed by atoms with E-state index < -0.39 is 0 Å². The van der Waals surface area contributed by atoms with Crippen molar-refractivity contribution in [2.24, 2.45) is 0 Å². The maximum absolute atomic E-state index is 10.9. The molecule has 1 aliphatic rings. The summed E-state index contributed by atoms with van der Waals surface area (Å²) in [5.74, 6) is 0. The molecule has 0 radical (unpaired) electrons. The van der Waals surface area contributed by atoms with E-state index in [0.717, 1.165) is 36.1 Å². The molecule has 0 bridgehead atoms. The van der Waals surface area contributed by atoms with Gasteiger partial charge in [-0.3, -0.25) is 10.1 Å². The number of benzene rings is 1. The molecule has 1 aromatic carbocycles. The second kappa shape index (κ2) is 5.88. The van der Waals surface area contributed by atoms with Gasteiger partial charge in [-0.1, -0.05) is 0 Å². The molecule has 0 spiro atoms. The number of aryl methyl sites for hydroxylation is 1. The lowest BCUT2D eigenvalue weighted by Gasteiger charge is -2.30. The molecule has 1 heterocycles. The Morgan fingerprint density at radius 3 is 2.63 bits per heavy atom. The van der Waals surface area contributed by atoms with Crippen LogP contribution in [0.2, 0.25) is 0 Å². The molecule has 0 saturated carbocycles. The van der Waals surface area contributed by atoms with E-state index in [4.69, 9.17) is 0 Å². The number of rotatable bonds is 3. The van der Waals surface area contributed by atoms with Gasteiger partial charge in [0.15, 0.2) is 0 Å². The molecule has 1 aliphatic heterocycles. The van der Waals surface area contributed by atoms with E-state index in [1.54, 1.807) is 13.0 Å². The highest BCUT2D eigenvalue weighted by molar-refractivity contribution is 9.10. The predicted octanol–water partition coefficient (Wildman–Crippen LogP) is 3.17. The zero-order valence-corrected chi connectivity index (χ0v) is 12.7. The third kappa shape index (κ3) is 3.45. The van der Waals surface area contributed by atoms with Crippen molar-refractivity contribution in [1.29, 1.82) is 0 Å². The highest BCUT2D eigenvalue weighted by Gasteiger charge is 2.19. The summed E-state index contributed by atoms with van der Waals surface area (Å²) in [5.41, 5.74) is 1.78. The highest BCUT2D eigenvalue weighted by Crippen LogP contribution is 2.31. The number of likely N-dealkylation sites (tertiary alicyclic amines) is 1. The third-order valence-electron chi connectivity index (χ3n) is 3.56. The largest absolute Gasteiger partial charge is 0.381 e. The van der Waals surface area contributed by atoms with Gasteiger partial charge in [0.05, 0.1) is 4.92 Å². The van der Waals surface area contributed by atoms with Gasteiger partial charge in [0.2, 0.25) is 0 Å². The van der Waals surface area contributed by atoms with Crippen LogP contribution in [0.1, 0.15) is 18.4 Å². The molecule has 19 heavy (non-hydrogen) atoms. The minimum absolute atomic E-state index is 0.154. The maximum Gasteiger partial charge on any atom is 0.273 e. The predicted molar refractivity (Wildman–Crippen MR) is 79.7 cm³/mol. The molecular weight excluding hydrogens is 310 g/mol. The topological polar surface area (TPSA) is 58.4 Å².